The molecule has 0 spiro atoms. The van der Waals surface area contributed by atoms with Crippen LogP contribution in [0.15, 0.2) is 35.5 Å². The van der Waals surface area contributed by atoms with Crippen molar-refractivity contribution in [2.45, 2.75) is 18.6 Å². The molecule has 0 saturated carbocycles. The van der Waals surface area contributed by atoms with Crippen LogP contribution in [0.1, 0.15) is 6.92 Å². The molecule has 1 aromatic heterocycles. The van der Waals surface area contributed by atoms with Crippen LogP contribution in [0, 0.1) is 0 Å². The summed E-state index contributed by atoms with van der Waals surface area (Å²) in [4.78, 5) is 1.58. The van der Waals surface area contributed by atoms with Gasteiger partial charge in [-0.15, -0.1) is 4.68 Å². The van der Waals surface area contributed by atoms with Crippen LogP contribution in [-0.2, 0) is 19.2 Å². The van der Waals surface area contributed by atoms with Crippen LogP contribution in [0.4, 0.5) is 0 Å². The van der Waals surface area contributed by atoms with Crippen molar-refractivity contribution in [2.75, 3.05) is 0 Å². The van der Waals surface area contributed by atoms with Crippen molar-refractivity contribution >= 4 is 12.6 Å². The standard InChI is InChI=1S/C9H10N4S/c1-2-12-10-9(14)13(11-12)8-6-4-3-5-7-8/h3-7H,2H2,1H3. The summed E-state index contributed by atoms with van der Waals surface area (Å²) in [6.07, 6.45) is 0. The number of aromatic nitrogens is 4. The van der Waals surface area contributed by atoms with Gasteiger partial charge in [-0.1, -0.05) is 18.2 Å². The lowest BCUT2D eigenvalue weighted by Crippen LogP contribution is -2.35. The van der Waals surface area contributed by atoms with E-state index in [0.717, 1.165) is 12.2 Å². The van der Waals surface area contributed by atoms with Crippen molar-refractivity contribution in [3.63, 3.8) is 0 Å². The number of nitrogens with zero attached hydrogens (tertiary/aromatic N) is 4. The van der Waals surface area contributed by atoms with Gasteiger partial charge in [0.1, 0.15) is 12.2 Å². The van der Waals surface area contributed by atoms with E-state index in [1.165, 1.54) is 0 Å². The molecule has 0 N–H and O–H groups in total. The minimum atomic E-state index is 0.484. The van der Waals surface area contributed by atoms with Crippen molar-refractivity contribution < 1.29 is 4.68 Å². The van der Waals surface area contributed by atoms with E-state index in [1.54, 1.807) is 9.48 Å². The zero-order valence-corrected chi connectivity index (χ0v) is 8.61. The molecular weight excluding hydrogens is 196 g/mol. The fourth-order valence-corrected chi connectivity index (χ4v) is 1.40. The summed E-state index contributed by atoms with van der Waals surface area (Å²) in [6, 6.07) is 9.75. The van der Waals surface area contributed by atoms with Crippen LogP contribution >= 0.6 is 0 Å². The van der Waals surface area contributed by atoms with Gasteiger partial charge in [0.15, 0.2) is 5.16 Å². The third kappa shape index (κ3) is 1.58. The van der Waals surface area contributed by atoms with E-state index in [-0.39, 0.29) is 0 Å². The van der Waals surface area contributed by atoms with Crippen molar-refractivity contribution in [1.29, 1.82) is 0 Å². The molecular formula is C9H10N4S. The van der Waals surface area contributed by atoms with Crippen molar-refractivity contribution in [3.8, 4) is 5.69 Å². The molecule has 0 fully saturated rings. The van der Waals surface area contributed by atoms with Crippen molar-refractivity contribution in [1.82, 2.24) is 15.1 Å². The number of hydrogen-bond acceptors (Lipinski definition) is 3. The second kappa shape index (κ2) is 3.71. The zero-order valence-electron chi connectivity index (χ0n) is 7.79. The molecule has 0 aliphatic carbocycles. The van der Waals surface area contributed by atoms with Gasteiger partial charge in [-0.3, -0.25) is 0 Å². The molecule has 5 heteroatoms. The average molecular weight is 206 g/mol. The van der Waals surface area contributed by atoms with E-state index in [2.05, 4.69) is 10.3 Å². The van der Waals surface area contributed by atoms with Gasteiger partial charge in [-0.05, 0) is 23.9 Å². The van der Waals surface area contributed by atoms with Gasteiger partial charge in [-0.2, -0.15) is 0 Å². The molecule has 0 amide bonds. The number of benzene rings is 1. The molecule has 4 nitrogen and oxygen atoms in total. The minimum absolute atomic E-state index is 0.484. The van der Waals surface area contributed by atoms with Crippen molar-refractivity contribution in [3.05, 3.63) is 30.3 Å². The van der Waals surface area contributed by atoms with E-state index in [9.17, 15) is 0 Å². The maximum absolute atomic E-state index is 5.09. The predicted molar refractivity (Wildman–Crippen MR) is 52.9 cm³/mol. The highest BCUT2D eigenvalue weighted by Gasteiger charge is 2.09. The summed E-state index contributed by atoms with van der Waals surface area (Å²) in [5, 5.41) is 8.79. The van der Waals surface area contributed by atoms with E-state index in [0.29, 0.717) is 5.16 Å². The molecule has 0 bridgehead atoms. The monoisotopic (exact) mass is 206 g/mol. The summed E-state index contributed by atoms with van der Waals surface area (Å²) < 4.78 is 1.65. The van der Waals surface area contributed by atoms with E-state index in [1.807, 2.05) is 37.3 Å². The lowest BCUT2D eigenvalue weighted by atomic mass is 10.3. The molecule has 0 radical (unpaired) electrons. The van der Waals surface area contributed by atoms with Gasteiger partial charge in [0, 0.05) is 5.10 Å². The van der Waals surface area contributed by atoms with Gasteiger partial charge < -0.3 is 12.6 Å². The van der Waals surface area contributed by atoms with Crippen LogP contribution in [0.3, 0.4) is 0 Å². The summed E-state index contributed by atoms with van der Waals surface area (Å²) in [5.74, 6) is 0. The van der Waals surface area contributed by atoms with Gasteiger partial charge in [0.2, 0.25) is 0 Å². The zero-order chi connectivity index (χ0) is 9.97. The van der Waals surface area contributed by atoms with E-state index >= 15 is 0 Å². The second-order valence-corrected chi connectivity index (χ2v) is 3.17. The first kappa shape index (κ1) is 9.08. The smallest absolute Gasteiger partial charge is 0.187 e. The van der Waals surface area contributed by atoms with Crippen LogP contribution in [0.25, 0.3) is 5.69 Å². The maximum Gasteiger partial charge on any atom is 0.187 e. The lowest BCUT2D eigenvalue weighted by molar-refractivity contribution is -0.698. The maximum atomic E-state index is 5.09. The first-order valence-electron chi connectivity index (χ1n) is 4.41. The highest BCUT2D eigenvalue weighted by atomic mass is 32.1. The molecule has 0 aliphatic rings. The molecule has 0 aliphatic heterocycles. The Hall–Kier alpha value is -1.49. The third-order valence-corrected chi connectivity index (χ3v) is 2.11. The minimum Gasteiger partial charge on any atom is -0.701 e. The molecule has 0 saturated heterocycles. The summed E-state index contributed by atoms with van der Waals surface area (Å²) >= 11 is 5.09. The molecule has 2 aromatic rings. The average Bonchev–Trinajstić information content (AvgIpc) is 2.61. The molecule has 2 rings (SSSR count). The Morgan fingerprint density at radius 3 is 2.64 bits per heavy atom. The van der Waals surface area contributed by atoms with Crippen LogP contribution < -0.4 is 4.68 Å². The molecule has 0 unspecified atom stereocenters. The summed E-state index contributed by atoms with van der Waals surface area (Å²) in [5.41, 5.74) is 0.942. The lowest BCUT2D eigenvalue weighted by Gasteiger charge is -1.97. The van der Waals surface area contributed by atoms with Crippen molar-refractivity contribution in [2.24, 2.45) is 0 Å². The topological polar surface area (TPSA) is 34.6 Å². The first-order valence-corrected chi connectivity index (χ1v) is 4.82. The Balaban J connectivity index is 2.46. The number of aryl methyl sites for hydroxylation is 1. The SMILES string of the molecule is CCn1nc([S-])[n+](-c2ccccc2)n1. The van der Waals surface area contributed by atoms with Crippen LogP contribution in [-0.4, -0.2) is 15.1 Å². The third-order valence-electron chi connectivity index (χ3n) is 1.86. The number of para-hydroxylation sites is 1. The van der Waals surface area contributed by atoms with Crippen LogP contribution in [0.2, 0.25) is 0 Å². The Kier molecular flexibility index (Phi) is 2.41. The Morgan fingerprint density at radius 2 is 2.07 bits per heavy atom. The number of tetrazole rings is 1. The van der Waals surface area contributed by atoms with E-state index < -0.39 is 0 Å². The predicted octanol–water partition coefficient (Wildman–Crippen LogP) is 0.480. The Morgan fingerprint density at radius 1 is 1.36 bits per heavy atom. The van der Waals surface area contributed by atoms with Crippen LogP contribution in [0.5, 0.6) is 0 Å². The molecule has 1 heterocycles. The fraction of sp³-hybridized carbons (Fsp3) is 0.222. The summed E-state index contributed by atoms with van der Waals surface area (Å²) in [7, 11) is 0. The van der Waals surface area contributed by atoms with Gasteiger partial charge in [0.25, 0.3) is 0 Å². The Labute approximate surface area is 87.6 Å². The normalized spacial score (nSPS) is 10.4. The summed E-state index contributed by atoms with van der Waals surface area (Å²) in [6.45, 7) is 2.70. The number of rotatable bonds is 2. The fourth-order valence-electron chi connectivity index (χ4n) is 1.17. The van der Waals surface area contributed by atoms with E-state index in [4.69, 9.17) is 12.6 Å². The molecule has 0 atom stereocenters. The van der Waals surface area contributed by atoms with Gasteiger partial charge in [0.05, 0.1) is 5.21 Å². The second-order valence-electron chi connectivity index (χ2n) is 2.81. The molecule has 72 valence electrons. The highest BCUT2D eigenvalue weighted by Crippen LogP contribution is 1.97. The van der Waals surface area contributed by atoms with Gasteiger partial charge in [-0.25, -0.2) is 0 Å². The number of hydrogen-bond donors (Lipinski definition) is 0. The first-order chi connectivity index (χ1) is 6.81. The molecule has 14 heavy (non-hydrogen) atoms. The highest BCUT2D eigenvalue weighted by molar-refractivity contribution is 7.58. The Bertz CT molecular complexity index is 424. The largest absolute Gasteiger partial charge is 0.701 e. The molecule has 1 aromatic carbocycles. The quantitative estimate of drug-likeness (QED) is 0.529. The van der Waals surface area contributed by atoms with Gasteiger partial charge >= 0.3 is 0 Å².